The van der Waals surface area contributed by atoms with Gasteiger partial charge in [0.1, 0.15) is 38.9 Å². The van der Waals surface area contributed by atoms with Crippen molar-refractivity contribution < 1.29 is 23.7 Å². The molecule has 0 aromatic heterocycles. The van der Waals surface area contributed by atoms with Gasteiger partial charge in [-0.25, -0.2) is 4.79 Å². The van der Waals surface area contributed by atoms with E-state index in [1.807, 2.05) is 31.2 Å². The van der Waals surface area contributed by atoms with Gasteiger partial charge in [-0.15, -0.1) is 0 Å². The third kappa shape index (κ3) is 5.96. The van der Waals surface area contributed by atoms with Gasteiger partial charge in [0, 0.05) is 17.2 Å². The van der Waals surface area contributed by atoms with Gasteiger partial charge in [0.05, 0.1) is 27.6 Å². The van der Waals surface area contributed by atoms with E-state index < -0.39 is 18.5 Å². The summed E-state index contributed by atoms with van der Waals surface area (Å²) < 4.78 is 22.5. The van der Waals surface area contributed by atoms with Crippen LogP contribution in [0.15, 0.2) is 53.9 Å². The molecule has 1 aliphatic heterocycles. The average Bonchev–Trinajstić information content (AvgIpc) is 2.93. The van der Waals surface area contributed by atoms with Gasteiger partial charge >= 0.3 is 5.97 Å². The molecule has 3 aromatic carbocycles. The van der Waals surface area contributed by atoms with Crippen LogP contribution in [0.25, 0.3) is 0 Å². The number of nitriles is 1. The van der Waals surface area contributed by atoms with Crippen LogP contribution in [0, 0.1) is 11.3 Å². The summed E-state index contributed by atoms with van der Waals surface area (Å²) in [5, 5.41) is 9.49. The number of carbonyl (C=O) groups is 1. The summed E-state index contributed by atoms with van der Waals surface area (Å²) in [4.78, 5) is 12.5. The Kier molecular flexibility index (Phi) is 9.27. The summed E-state index contributed by atoms with van der Waals surface area (Å²) in [5.74, 6) is -0.417. The summed E-state index contributed by atoms with van der Waals surface area (Å²) in [5.41, 5.74) is 7.76. The number of ether oxygens (including phenoxy) is 4. The van der Waals surface area contributed by atoms with Crippen molar-refractivity contribution in [2.75, 3.05) is 13.2 Å². The lowest BCUT2D eigenvalue weighted by Gasteiger charge is -2.28. The normalized spacial score (nSPS) is 14.2. The van der Waals surface area contributed by atoms with Crippen LogP contribution in [0.1, 0.15) is 30.4 Å². The van der Waals surface area contributed by atoms with Gasteiger partial charge in [-0.3, -0.25) is 0 Å². The Morgan fingerprint density at radius 3 is 2.31 bits per heavy atom. The first-order valence-electron chi connectivity index (χ1n) is 11.5. The van der Waals surface area contributed by atoms with E-state index in [1.54, 1.807) is 12.1 Å². The average molecular weight is 629 g/mol. The smallest absolute Gasteiger partial charge is 0.349 e. The van der Waals surface area contributed by atoms with Crippen molar-refractivity contribution in [1.82, 2.24) is 0 Å². The minimum Gasteiger partial charge on any atom is -0.493 e. The maximum absolute atomic E-state index is 12.5. The molecule has 39 heavy (non-hydrogen) atoms. The third-order valence-corrected chi connectivity index (χ3v) is 7.86. The van der Waals surface area contributed by atoms with Crippen LogP contribution in [0.3, 0.4) is 0 Å². The highest BCUT2D eigenvalue weighted by molar-refractivity contribution is 6.55. The van der Waals surface area contributed by atoms with Crippen molar-refractivity contribution in [2.24, 2.45) is 5.73 Å². The summed E-state index contributed by atoms with van der Waals surface area (Å²) in [6, 6.07) is 14.3. The van der Waals surface area contributed by atoms with Crippen molar-refractivity contribution in [1.29, 1.82) is 5.26 Å². The highest BCUT2D eigenvalue weighted by Gasteiger charge is 2.33. The van der Waals surface area contributed by atoms with Gasteiger partial charge in [-0.1, -0.05) is 89.2 Å². The quantitative estimate of drug-likeness (QED) is 0.117. The van der Waals surface area contributed by atoms with E-state index in [0.29, 0.717) is 23.7 Å². The molecule has 4 rings (SSSR count). The SMILES string of the molecule is CCCOc1ccccc1C1C(C#N)=C(N)Oc2cc(OC(=O)COc3c(Cl)c(Cl)c(Cl)c(Cl)c3Cl)ccc21. The number of nitrogens with two attached hydrogens (primary N) is 1. The highest BCUT2D eigenvalue weighted by Crippen LogP contribution is 2.48. The van der Waals surface area contributed by atoms with E-state index in [0.717, 1.165) is 12.0 Å². The molecule has 202 valence electrons. The highest BCUT2D eigenvalue weighted by atomic mass is 35.5. The molecule has 1 heterocycles. The van der Waals surface area contributed by atoms with Gasteiger partial charge in [-0.05, 0) is 18.6 Å². The number of benzene rings is 3. The maximum atomic E-state index is 12.5. The summed E-state index contributed by atoms with van der Waals surface area (Å²) in [7, 11) is 0. The van der Waals surface area contributed by atoms with Crippen LogP contribution in [0.4, 0.5) is 0 Å². The van der Waals surface area contributed by atoms with Gasteiger partial charge in [0.15, 0.2) is 12.4 Å². The molecular weight excluding hydrogens is 610 g/mol. The van der Waals surface area contributed by atoms with E-state index >= 15 is 0 Å². The first-order valence-corrected chi connectivity index (χ1v) is 13.3. The molecule has 0 saturated carbocycles. The Labute approximate surface area is 249 Å². The van der Waals surface area contributed by atoms with Crippen LogP contribution in [-0.2, 0) is 4.79 Å². The van der Waals surface area contributed by atoms with Gasteiger partial charge in [0.25, 0.3) is 0 Å². The monoisotopic (exact) mass is 626 g/mol. The Bertz CT molecular complexity index is 1490. The molecule has 0 spiro atoms. The molecule has 1 atom stereocenters. The molecule has 0 amide bonds. The van der Waals surface area contributed by atoms with Crippen molar-refractivity contribution in [3.63, 3.8) is 0 Å². The molecule has 1 aliphatic rings. The largest absolute Gasteiger partial charge is 0.493 e. The van der Waals surface area contributed by atoms with E-state index in [9.17, 15) is 10.1 Å². The van der Waals surface area contributed by atoms with E-state index in [4.69, 9.17) is 82.7 Å². The predicted molar refractivity (Wildman–Crippen MR) is 151 cm³/mol. The Hall–Kier alpha value is -2.99. The standard InChI is InChI=1S/C27H19Cl5N2O5/c1-2-9-36-17-6-4-3-5-14(17)20-15-8-7-13(10-18(15)39-27(34)16(20)11-33)38-19(35)12-37-26-24(31)22(29)21(28)23(30)25(26)32/h3-8,10,20H,2,9,12,34H2,1H3. The fourth-order valence-corrected chi connectivity index (χ4v) is 5.12. The van der Waals surface area contributed by atoms with Crippen molar-refractivity contribution in [3.05, 3.63) is 90.2 Å². The zero-order valence-corrected chi connectivity index (χ0v) is 24.0. The lowest BCUT2D eigenvalue weighted by Crippen LogP contribution is -2.22. The van der Waals surface area contributed by atoms with Crippen LogP contribution in [-0.4, -0.2) is 19.2 Å². The van der Waals surface area contributed by atoms with Gasteiger partial charge < -0.3 is 24.7 Å². The van der Waals surface area contributed by atoms with Crippen LogP contribution >= 0.6 is 58.0 Å². The van der Waals surface area contributed by atoms with Gasteiger partial charge in [0.2, 0.25) is 5.88 Å². The number of hydrogen-bond donors (Lipinski definition) is 1. The number of nitrogens with zero attached hydrogens (tertiary/aromatic N) is 1. The minimum absolute atomic E-state index is 0.0388. The van der Waals surface area contributed by atoms with Gasteiger partial charge in [-0.2, -0.15) is 5.26 Å². The molecule has 2 N–H and O–H groups in total. The number of hydrogen-bond acceptors (Lipinski definition) is 7. The number of esters is 1. The fourth-order valence-electron chi connectivity index (χ4n) is 3.88. The number of rotatable bonds is 8. The Balaban J connectivity index is 1.58. The molecule has 3 aromatic rings. The van der Waals surface area contributed by atoms with Crippen molar-refractivity contribution in [3.8, 4) is 29.1 Å². The van der Waals surface area contributed by atoms with Crippen LogP contribution in [0.5, 0.6) is 23.0 Å². The fraction of sp³-hybridized carbons (Fsp3) is 0.185. The number of fused-ring (bicyclic) bond motifs is 1. The topological polar surface area (TPSA) is 104 Å². The van der Waals surface area contributed by atoms with E-state index in [2.05, 4.69) is 6.07 Å². The molecule has 0 saturated heterocycles. The molecular formula is C27H19Cl5N2O5. The second-order valence-corrected chi connectivity index (χ2v) is 10.1. The zero-order chi connectivity index (χ0) is 28.3. The molecule has 7 nitrogen and oxygen atoms in total. The Morgan fingerprint density at radius 2 is 1.64 bits per heavy atom. The molecule has 0 fully saturated rings. The molecule has 0 aliphatic carbocycles. The van der Waals surface area contributed by atoms with E-state index in [-0.39, 0.29) is 48.1 Å². The molecule has 1 unspecified atom stereocenters. The molecule has 0 radical (unpaired) electrons. The summed E-state index contributed by atoms with van der Waals surface area (Å²) in [6.07, 6.45) is 0.816. The minimum atomic E-state index is -0.781. The number of allylic oxidation sites excluding steroid dienone is 1. The molecule has 12 heteroatoms. The van der Waals surface area contributed by atoms with Crippen molar-refractivity contribution >= 4 is 64.0 Å². The number of para-hydroxylation sites is 1. The molecule has 0 bridgehead atoms. The number of halogens is 5. The second kappa shape index (κ2) is 12.5. The van der Waals surface area contributed by atoms with Crippen LogP contribution < -0.4 is 24.7 Å². The first kappa shape index (κ1) is 29.0. The van der Waals surface area contributed by atoms with E-state index in [1.165, 1.54) is 6.07 Å². The lowest BCUT2D eigenvalue weighted by molar-refractivity contribution is -0.136. The van der Waals surface area contributed by atoms with Crippen LogP contribution in [0.2, 0.25) is 25.1 Å². The third-order valence-electron chi connectivity index (χ3n) is 5.62. The summed E-state index contributed by atoms with van der Waals surface area (Å²) >= 11 is 30.3. The van der Waals surface area contributed by atoms with Crippen molar-refractivity contribution in [2.45, 2.75) is 19.3 Å². The zero-order valence-electron chi connectivity index (χ0n) is 20.2. The first-order chi connectivity index (χ1) is 18.7. The maximum Gasteiger partial charge on any atom is 0.349 e. The lowest BCUT2D eigenvalue weighted by atomic mass is 9.83. The summed E-state index contributed by atoms with van der Waals surface area (Å²) in [6.45, 7) is 1.94. The predicted octanol–water partition coefficient (Wildman–Crippen LogP) is 7.94. The Morgan fingerprint density at radius 1 is 0.974 bits per heavy atom. The second-order valence-electron chi connectivity index (χ2n) is 8.17. The number of carbonyl (C=O) groups excluding carboxylic acids is 1.